The number of hydrogen-bond donors (Lipinski definition) is 2. The van der Waals surface area contributed by atoms with Crippen LogP contribution in [0.3, 0.4) is 0 Å². The number of piperazine rings is 1. The first-order chi connectivity index (χ1) is 25.5. The molecule has 0 spiro atoms. The highest BCUT2D eigenvalue weighted by molar-refractivity contribution is 7.92. The Morgan fingerprint density at radius 3 is 2.23 bits per heavy atom. The lowest BCUT2D eigenvalue weighted by atomic mass is 10.1. The normalized spacial score (nSPS) is 20.1. The van der Waals surface area contributed by atoms with E-state index >= 15 is 4.39 Å². The first kappa shape index (κ1) is 35.2. The van der Waals surface area contributed by atoms with Gasteiger partial charge in [0.25, 0.3) is 10.0 Å². The lowest BCUT2D eigenvalue weighted by molar-refractivity contribution is 0.521. The largest absolute Gasteiger partial charge is 0.352 e. The number of sulfone groups is 1. The van der Waals surface area contributed by atoms with E-state index in [1.165, 1.54) is 23.5 Å². The molecule has 0 amide bonds. The van der Waals surface area contributed by atoms with Gasteiger partial charge in [-0.3, -0.25) is 4.72 Å². The summed E-state index contributed by atoms with van der Waals surface area (Å²) in [6.45, 7) is 1.41. The van der Waals surface area contributed by atoms with Crippen molar-refractivity contribution in [2.75, 3.05) is 44.4 Å². The molecule has 2 bridgehead atoms. The maximum atomic E-state index is 16.5. The van der Waals surface area contributed by atoms with Crippen LogP contribution in [-0.2, 0) is 19.9 Å². The zero-order chi connectivity index (χ0) is 36.9. The molecule has 3 saturated heterocycles. The van der Waals surface area contributed by atoms with Crippen LogP contribution in [0.25, 0.3) is 21.8 Å². The summed E-state index contributed by atoms with van der Waals surface area (Å²) in [6.07, 6.45) is 5.95. The van der Waals surface area contributed by atoms with Crippen molar-refractivity contribution in [3.63, 3.8) is 0 Å². The zero-order valence-corrected chi connectivity index (χ0v) is 30.4. The van der Waals surface area contributed by atoms with E-state index in [1.54, 1.807) is 18.5 Å². The minimum atomic E-state index is -4.87. The fourth-order valence-electron chi connectivity index (χ4n) is 7.22. The number of anilines is 4. The van der Waals surface area contributed by atoms with Gasteiger partial charge in [0.15, 0.2) is 15.8 Å². The van der Waals surface area contributed by atoms with Gasteiger partial charge < -0.3 is 15.1 Å². The average Bonchev–Trinajstić information content (AvgIpc) is 3.68. The van der Waals surface area contributed by atoms with Gasteiger partial charge in [-0.1, -0.05) is 29.5 Å². The van der Waals surface area contributed by atoms with Crippen LogP contribution in [0.5, 0.6) is 0 Å². The Kier molecular flexibility index (Phi) is 9.22. The second kappa shape index (κ2) is 13.9. The van der Waals surface area contributed by atoms with E-state index in [9.17, 15) is 25.6 Å². The number of nitrogens with zero attached hydrogens (tertiary/aromatic N) is 6. The number of halogens is 3. The molecule has 3 aromatic heterocycles. The minimum absolute atomic E-state index is 0.0539. The summed E-state index contributed by atoms with van der Waals surface area (Å²) < 4.78 is 97.8. The fraction of sp³-hybridized carbons (Fsp3) is 0.314. The molecular formula is C35H33F3N8O4S3. The number of pyridine rings is 1. The molecule has 3 fully saturated rings. The monoisotopic (exact) mass is 782 g/mol. The van der Waals surface area contributed by atoms with Crippen molar-refractivity contribution in [1.82, 2.24) is 19.9 Å². The number of hydrogen-bond acceptors (Lipinski definition) is 12. The highest BCUT2D eigenvalue weighted by Gasteiger charge is 2.42. The molecule has 0 saturated carbocycles. The second-order valence-corrected chi connectivity index (χ2v) is 18.1. The smallest absolute Gasteiger partial charge is 0.267 e. The van der Waals surface area contributed by atoms with Crippen LogP contribution in [-0.4, -0.2) is 79.5 Å². The molecule has 2 unspecified atom stereocenters. The Morgan fingerprint density at radius 1 is 0.811 bits per heavy atom. The molecule has 6 heterocycles. The van der Waals surface area contributed by atoms with Crippen LogP contribution >= 0.6 is 11.3 Å². The van der Waals surface area contributed by atoms with Gasteiger partial charge in [0.05, 0.1) is 33.5 Å². The number of aromatic nitrogens is 4. The fourth-order valence-corrected chi connectivity index (χ4v) is 11.1. The zero-order valence-electron chi connectivity index (χ0n) is 28.0. The first-order valence-corrected chi connectivity index (χ1v) is 21.1. The molecular weight excluding hydrogens is 750 g/mol. The third kappa shape index (κ3) is 7.02. The van der Waals surface area contributed by atoms with Gasteiger partial charge in [-0.2, -0.15) is 0 Å². The SMILES string of the molecule is O=S1(=O)CCC(Nc2nccc(-c3sc(N4C5CCC4CN(c4ccccn4)C5)nc3-c3cccc(NS(=O)(=O)c4c(F)cccc4F)c3F)n2)CC1. The number of thiazole rings is 1. The molecule has 2 atom stereocenters. The summed E-state index contributed by atoms with van der Waals surface area (Å²) in [4.78, 5) is 22.4. The molecule has 2 aromatic carbocycles. The third-order valence-electron chi connectivity index (χ3n) is 9.75. The quantitative estimate of drug-likeness (QED) is 0.189. The van der Waals surface area contributed by atoms with Gasteiger partial charge in [-0.05, 0) is 68.1 Å². The molecule has 3 aliphatic heterocycles. The highest BCUT2D eigenvalue weighted by atomic mass is 32.2. The predicted molar refractivity (Wildman–Crippen MR) is 197 cm³/mol. The van der Waals surface area contributed by atoms with E-state index in [-0.39, 0.29) is 46.8 Å². The molecule has 0 aliphatic carbocycles. The Bertz CT molecular complexity index is 2350. The van der Waals surface area contributed by atoms with Crippen molar-refractivity contribution < 1.29 is 30.0 Å². The van der Waals surface area contributed by atoms with Crippen molar-refractivity contribution >= 4 is 53.8 Å². The molecule has 8 rings (SSSR count). The number of sulfonamides is 1. The van der Waals surface area contributed by atoms with E-state index in [0.717, 1.165) is 42.9 Å². The summed E-state index contributed by atoms with van der Waals surface area (Å²) in [5, 5.41) is 3.87. The average molecular weight is 783 g/mol. The van der Waals surface area contributed by atoms with E-state index in [0.29, 0.717) is 41.6 Å². The topological polar surface area (TPSA) is 150 Å². The van der Waals surface area contributed by atoms with Gasteiger partial charge in [-0.25, -0.2) is 49.9 Å². The summed E-state index contributed by atoms with van der Waals surface area (Å²) in [5.41, 5.74) is 0.0392. The van der Waals surface area contributed by atoms with Crippen molar-refractivity contribution in [2.45, 2.75) is 48.7 Å². The second-order valence-electron chi connectivity index (χ2n) is 13.2. The summed E-state index contributed by atoms with van der Waals surface area (Å²) in [7, 11) is -7.95. The molecule has 0 radical (unpaired) electrons. The van der Waals surface area contributed by atoms with Crippen LogP contribution in [0.1, 0.15) is 25.7 Å². The van der Waals surface area contributed by atoms with Gasteiger partial charge in [0.1, 0.15) is 27.3 Å². The predicted octanol–water partition coefficient (Wildman–Crippen LogP) is 5.73. The molecule has 18 heteroatoms. The summed E-state index contributed by atoms with van der Waals surface area (Å²) in [5.74, 6) is -2.35. The number of nitrogens with one attached hydrogen (secondary N) is 2. The minimum Gasteiger partial charge on any atom is -0.352 e. The van der Waals surface area contributed by atoms with Crippen molar-refractivity contribution in [3.05, 3.63) is 90.5 Å². The maximum absolute atomic E-state index is 16.5. The number of fused-ring (bicyclic) bond motifs is 2. The van der Waals surface area contributed by atoms with Gasteiger partial charge in [0.2, 0.25) is 5.95 Å². The third-order valence-corrected chi connectivity index (χ3v) is 14.0. The van der Waals surface area contributed by atoms with Gasteiger partial charge >= 0.3 is 0 Å². The number of rotatable bonds is 9. The maximum Gasteiger partial charge on any atom is 0.267 e. The molecule has 2 N–H and O–H groups in total. The van der Waals surface area contributed by atoms with E-state index < -0.39 is 47.9 Å². The van der Waals surface area contributed by atoms with Gasteiger partial charge in [0, 0.05) is 49.2 Å². The van der Waals surface area contributed by atoms with E-state index in [1.807, 2.05) is 22.9 Å². The van der Waals surface area contributed by atoms with E-state index in [2.05, 4.69) is 25.1 Å². The first-order valence-electron chi connectivity index (χ1n) is 17.0. The standard InChI is InChI=1S/C35H33F3N8O4S3/c36-25-6-4-7-26(37)33(25)53(49,50)44-27-8-3-5-24(30(27)38)31-32(28-12-16-40-34(42-28)41-21-13-17-52(47,48)18-14-21)51-35(43-31)46-22-10-11-23(46)20-45(19-22)29-9-1-2-15-39-29/h1-9,12,15-16,21-23,44H,10-11,13-14,17-20H2,(H,40,41,42). The van der Waals surface area contributed by atoms with Crippen LogP contribution < -0.4 is 19.8 Å². The van der Waals surface area contributed by atoms with Gasteiger partial charge in [-0.15, -0.1) is 0 Å². The molecule has 3 aliphatic rings. The Balaban J connectivity index is 1.17. The van der Waals surface area contributed by atoms with Crippen LogP contribution in [0.15, 0.2) is 78.0 Å². The molecule has 12 nitrogen and oxygen atoms in total. The highest BCUT2D eigenvalue weighted by Crippen LogP contribution is 2.45. The molecule has 53 heavy (non-hydrogen) atoms. The van der Waals surface area contributed by atoms with E-state index in [4.69, 9.17) is 9.97 Å². The Morgan fingerprint density at radius 2 is 1.53 bits per heavy atom. The Labute approximate surface area is 308 Å². The van der Waals surface area contributed by atoms with Crippen LogP contribution in [0, 0.1) is 17.5 Å². The lowest BCUT2D eigenvalue weighted by Crippen LogP contribution is -2.54. The molecule has 276 valence electrons. The number of benzene rings is 2. The van der Waals surface area contributed by atoms with Crippen molar-refractivity contribution in [1.29, 1.82) is 0 Å². The molecule has 5 aromatic rings. The van der Waals surface area contributed by atoms with Crippen molar-refractivity contribution in [2.24, 2.45) is 0 Å². The van der Waals surface area contributed by atoms with Crippen LogP contribution in [0.4, 0.5) is 35.8 Å². The summed E-state index contributed by atoms with van der Waals surface area (Å²) >= 11 is 1.32. The Hall–Kier alpha value is -4.81. The summed E-state index contributed by atoms with van der Waals surface area (Å²) in [6, 6.07) is 14.2. The van der Waals surface area contributed by atoms with Crippen LogP contribution in [0.2, 0.25) is 0 Å². The van der Waals surface area contributed by atoms with Crippen molar-refractivity contribution in [3.8, 4) is 21.8 Å². The lowest BCUT2D eigenvalue weighted by Gasteiger charge is -2.41.